The minimum Gasteiger partial charge on any atom is -0.504 e. The molecule has 1 fully saturated rings. The van der Waals surface area contributed by atoms with Crippen molar-refractivity contribution >= 4 is 0 Å². The first-order valence-corrected chi connectivity index (χ1v) is 7.64. The molecule has 0 aromatic heterocycles. The number of methoxy groups -OCH3 is 1. The Kier molecular flexibility index (Phi) is 3.48. The summed E-state index contributed by atoms with van der Waals surface area (Å²) in [4.78, 5) is 0. The van der Waals surface area contributed by atoms with Crippen LogP contribution in [-0.4, -0.2) is 17.8 Å². The highest BCUT2D eigenvalue weighted by Crippen LogP contribution is 2.53. The number of phenolic OH excluding ortho intramolecular Hbond substituents is 1. The third-order valence-electron chi connectivity index (χ3n) is 5.00. The SMILES string of the molecule is COc1cc([C@H]2OC(C)(C)[C@@H]3CCC(C)=C[C@H]23)ccc1O. The van der Waals surface area contributed by atoms with E-state index in [2.05, 4.69) is 26.8 Å². The van der Waals surface area contributed by atoms with E-state index in [1.165, 1.54) is 18.4 Å². The van der Waals surface area contributed by atoms with E-state index in [-0.39, 0.29) is 17.5 Å². The van der Waals surface area contributed by atoms with Crippen molar-refractivity contribution in [2.75, 3.05) is 7.11 Å². The summed E-state index contributed by atoms with van der Waals surface area (Å²) in [7, 11) is 1.58. The molecule has 21 heavy (non-hydrogen) atoms. The average molecular weight is 288 g/mol. The summed E-state index contributed by atoms with van der Waals surface area (Å²) in [5.41, 5.74) is 2.42. The number of fused-ring (bicyclic) bond motifs is 1. The fraction of sp³-hybridized carbons (Fsp3) is 0.556. The molecular formula is C18H24O3. The Labute approximate surface area is 126 Å². The van der Waals surface area contributed by atoms with E-state index in [1.807, 2.05) is 12.1 Å². The van der Waals surface area contributed by atoms with Gasteiger partial charge in [-0.2, -0.15) is 0 Å². The zero-order valence-electron chi connectivity index (χ0n) is 13.2. The van der Waals surface area contributed by atoms with Crippen molar-refractivity contribution in [2.45, 2.75) is 45.3 Å². The average Bonchev–Trinajstić information content (AvgIpc) is 2.70. The second-order valence-corrected chi connectivity index (χ2v) is 6.81. The van der Waals surface area contributed by atoms with Crippen molar-refractivity contribution < 1.29 is 14.6 Å². The quantitative estimate of drug-likeness (QED) is 0.828. The van der Waals surface area contributed by atoms with Gasteiger partial charge in [-0.05, 0) is 57.2 Å². The summed E-state index contributed by atoms with van der Waals surface area (Å²) in [5.74, 6) is 1.63. The number of ether oxygens (including phenoxy) is 2. The van der Waals surface area contributed by atoms with Crippen LogP contribution < -0.4 is 4.74 Å². The molecule has 1 heterocycles. The molecule has 1 N–H and O–H groups in total. The lowest BCUT2D eigenvalue weighted by Gasteiger charge is -2.30. The Morgan fingerprint density at radius 3 is 2.81 bits per heavy atom. The number of rotatable bonds is 2. The van der Waals surface area contributed by atoms with Gasteiger partial charge in [0.1, 0.15) is 0 Å². The molecule has 1 aliphatic carbocycles. The van der Waals surface area contributed by atoms with Crippen molar-refractivity contribution in [1.82, 2.24) is 0 Å². The minimum absolute atomic E-state index is 0.0368. The van der Waals surface area contributed by atoms with Crippen LogP contribution >= 0.6 is 0 Å². The van der Waals surface area contributed by atoms with E-state index < -0.39 is 0 Å². The maximum Gasteiger partial charge on any atom is 0.160 e. The highest BCUT2D eigenvalue weighted by Gasteiger charge is 2.49. The fourth-order valence-corrected chi connectivity index (χ4v) is 3.87. The van der Waals surface area contributed by atoms with Gasteiger partial charge in [0.2, 0.25) is 0 Å². The third-order valence-corrected chi connectivity index (χ3v) is 5.00. The van der Waals surface area contributed by atoms with E-state index in [1.54, 1.807) is 13.2 Å². The Balaban J connectivity index is 2.00. The zero-order chi connectivity index (χ0) is 15.2. The van der Waals surface area contributed by atoms with Crippen LogP contribution in [0.15, 0.2) is 29.8 Å². The van der Waals surface area contributed by atoms with Gasteiger partial charge in [-0.15, -0.1) is 0 Å². The molecule has 3 nitrogen and oxygen atoms in total. The van der Waals surface area contributed by atoms with Gasteiger partial charge >= 0.3 is 0 Å². The number of aromatic hydroxyl groups is 1. The van der Waals surface area contributed by atoms with Crippen LogP contribution in [0.1, 0.15) is 45.3 Å². The molecule has 1 aliphatic heterocycles. The fourth-order valence-electron chi connectivity index (χ4n) is 3.87. The maximum atomic E-state index is 9.78. The summed E-state index contributed by atoms with van der Waals surface area (Å²) in [5, 5.41) is 9.78. The molecule has 1 aromatic rings. The lowest BCUT2D eigenvalue weighted by Crippen LogP contribution is -2.30. The number of allylic oxidation sites excluding steroid dienone is 1. The molecule has 0 radical (unpaired) electrons. The van der Waals surface area contributed by atoms with E-state index in [9.17, 15) is 5.11 Å². The molecule has 0 bridgehead atoms. The van der Waals surface area contributed by atoms with Crippen LogP contribution in [0.4, 0.5) is 0 Å². The molecule has 0 spiro atoms. The Hall–Kier alpha value is -1.48. The van der Waals surface area contributed by atoms with E-state index >= 15 is 0 Å². The van der Waals surface area contributed by atoms with Gasteiger partial charge in [0.15, 0.2) is 11.5 Å². The van der Waals surface area contributed by atoms with E-state index in [0.29, 0.717) is 17.6 Å². The molecule has 0 unspecified atom stereocenters. The maximum absolute atomic E-state index is 9.78. The summed E-state index contributed by atoms with van der Waals surface area (Å²) in [6.45, 7) is 6.59. The standard InChI is InChI=1S/C18H24O3/c1-11-5-7-14-13(9-11)17(21-18(14,2)3)12-6-8-15(19)16(10-12)20-4/h6,8-10,13-14,17,19H,5,7H2,1-4H3/t13-,14+,17+/m0/s1. The summed E-state index contributed by atoms with van der Waals surface area (Å²) < 4.78 is 11.6. The number of phenols is 1. The van der Waals surface area contributed by atoms with Gasteiger partial charge in [-0.3, -0.25) is 0 Å². The van der Waals surface area contributed by atoms with Gasteiger partial charge < -0.3 is 14.6 Å². The molecule has 0 saturated carbocycles. The molecule has 3 rings (SSSR count). The number of hydrogen-bond donors (Lipinski definition) is 1. The van der Waals surface area contributed by atoms with Gasteiger partial charge in [-0.1, -0.05) is 17.7 Å². The van der Waals surface area contributed by atoms with Crippen molar-refractivity contribution in [2.24, 2.45) is 11.8 Å². The first kappa shape index (κ1) is 14.5. The normalized spacial score (nSPS) is 30.7. The smallest absolute Gasteiger partial charge is 0.160 e. The summed E-state index contributed by atoms with van der Waals surface area (Å²) >= 11 is 0. The topological polar surface area (TPSA) is 38.7 Å². The van der Waals surface area contributed by atoms with Gasteiger partial charge in [-0.25, -0.2) is 0 Å². The van der Waals surface area contributed by atoms with Crippen LogP contribution in [0.5, 0.6) is 11.5 Å². The van der Waals surface area contributed by atoms with Crippen LogP contribution in [0.3, 0.4) is 0 Å². The Morgan fingerprint density at radius 2 is 2.10 bits per heavy atom. The molecule has 1 saturated heterocycles. The first-order chi connectivity index (χ1) is 9.92. The van der Waals surface area contributed by atoms with Crippen LogP contribution in [0, 0.1) is 11.8 Å². The lowest BCUT2D eigenvalue weighted by molar-refractivity contribution is -0.0345. The Morgan fingerprint density at radius 1 is 1.33 bits per heavy atom. The molecule has 3 atom stereocenters. The molecular weight excluding hydrogens is 264 g/mol. The van der Waals surface area contributed by atoms with Gasteiger partial charge in [0.25, 0.3) is 0 Å². The first-order valence-electron chi connectivity index (χ1n) is 7.64. The van der Waals surface area contributed by atoms with Crippen molar-refractivity contribution in [3.8, 4) is 11.5 Å². The molecule has 2 aliphatic rings. The van der Waals surface area contributed by atoms with Gasteiger partial charge in [0, 0.05) is 5.92 Å². The van der Waals surface area contributed by atoms with Crippen molar-refractivity contribution in [1.29, 1.82) is 0 Å². The minimum atomic E-state index is -0.113. The lowest BCUT2D eigenvalue weighted by atomic mass is 9.72. The second kappa shape index (κ2) is 5.06. The molecule has 114 valence electrons. The number of hydrogen-bond acceptors (Lipinski definition) is 3. The zero-order valence-corrected chi connectivity index (χ0v) is 13.2. The molecule has 3 heteroatoms. The van der Waals surface area contributed by atoms with Crippen LogP contribution in [0.25, 0.3) is 0 Å². The van der Waals surface area contributed by atoms with Crippen LogP contribution in [0.2, 0.25) is 0 Å². The van der Waals surface area contributed by atoms with Gasteiger partial charge in [0.05, 0.1) is 18.8 Å². The molecule has 1 aromatic carbocycles. The highest BCUT2D eigenvalue weighted by molar-refractivity contribution is 5.43. The predicted octanol–water partition coefficient (Wildman–Crippen LogP) is 4.22. The van der Waals surface area contributed by atoms with E-state index in [0.717, 1.165) is 5.56 Å². The van der Waals surface area contributed by atoms with Crippen molar-refractivity contribution in [3.05, 3.63) is 35.4 Å². The van der Waals surface area contributed by atoms with Crippen LogP contribution in [-0.2, 0) is 4.74 Å². The third kappa shape index (κ3) is 2.44. The largest absolute Gasteiger partial charge is 0.504 e. The molecule has 0 amide bonds. The Bertz CT molecular complexity index is 574. The second-order valence-electron chi connectivity index (χ2n) is 6.81. The highest BCUT2D eigenvalue weighted by atomic mass is 16.5. The predicted molar refractivity (Wildman–Crippen MR) is 82.5 cm³/mol. The number of benzene rings is 1. The monoisotopic (exact) mass is 288 g/mol. The summed E-state index contributed by atoms with van der Waals surface area (Å²) in [6, 6.07) is 5.53. The van der Waals surface area contributed by atoms with E-state index in [4.69, 9.17) is 9.47 Å². The summed E-state index contributed by atoms with van der Waals surface area (Å²) in [6.07, 6.45) is 4.77. The van der Waals surface area contributed by atoms with Crippen molar-refractivity contribution in [3.63, 3.8) is 0 Å².